The molecule has 2 amide bonds. The second-order valence-electron chi connectivity index (χ2n) is 7.14. The first kappa shape index (κ1) is 17.4. The zero-order chi connectivity index (χ0) is 17.3. The summed E-state index contributed by atoms with van der Waals surface area (Å²) in [5.41, 5.74) is 0.716. The molecule has 2 heterocycles. The molecular weight excluding hydrogens is 372 g/mol. The maximum Gasteiger partial charge on any atom is 0.227 e. The summed E-state index contributed by atoms with van der Waals surface area (Å²) in [7, 11) is 0. The van der Waals surface area contributed by atoms with E-state index in [1.54, 1.807) is 4.90 Å². The Kier molecular flexibility index (Phi) is 4.97. The van der Waals surface area contributed by atoms with Gasteiger partial charge in [-0.1, -0.05) is 12.1 Å². The van der Waals surface area contributed by atoms with Crippen LogP contribution in [0.1, 0.15) is 33.1 Å². The van der Waals surface area contributed by atoms with Crippen molar-refractivity contribution in [2.75, 3.05) is 18.0 Å². The Bertz CT molecular complexity index is 647. The highest BCUT2D eigenvalue weighted by atomic mass is 79.9. The van der Waals surface area contributed by atoms with Gasteiger partial charge < -0.3 is 15.0 Å². The number of amides is 2. The number of nitrogens with one attached hydrogen (secondary N) is 1. The number of carbonyl (C=O) groups excluding carboxylic acids is 2. The molecule has 24 heavy (non-hydrogen) atoms. The molecule has 0 radical (unpaired) electrons. The van der Waals surface area contributed by atoms with E-state index in [1.807, 2.05) is 24.3 Å². The molecule has 5 nitrogen and oxygen atoms in total. The molecule has 2 fully saturated rings. The average Bonchev–Trinajstić information content (AvgIpc) is 3.08. The van der Waals surface area contributed by atoms with Crippen LogP contribution in [-0.2, 0) is 14.3 Å². The van der Waals surface area contributed by atoms with Crippen molar-refractivity contribution >= 4 is 33.4 Å². The molecule has 130 valence electrons. The fourth-order valence-corrected chi connectivity index (χ4v) is 3.87. The first-order chi connectivity index (χ1) is 11.4. The third-order valence-electron chi connectivity index (χ3n) is 4.70. The predicted octanol–water partition coefficient (Wildman–Crippen LogP) is 2.88. The van der Waals surface area contributed by atoms with E-state index in [1.165, 1.54) is 0 Å². The van der Waals surface area contributed by atoms with Crippen LogP contribution in [0.3, 0.4) is 0 Å². The lowest BCUT2D eigenvalue weighted by Gasteiger charge is -2.20. The highest BCUT2D eigenvalue weighted by Crippen LogP contribution is 2.32. The molecule has 2 aliphatic rings. The van der Waals surface area contributed by atoms with Crippen LogP contribution in [0.4, 0.5) is 5.69 Å². The first-order valence-corrected chi connectivity index (χ1v) is 9.15. The number of rotatable bonds is 4. The number of anilines is 1. The van der Waals surface area contributed by atoms with E-state index in [2.05, 4.69) is 35.1 Å². The molecule has 0 aromatic heterocycles. The first-order valence-electron chi connectivity index (χ1n) is 8.36. The molecule has 0 unspecified atom stereocenters. The van der Waals surface area contributed by atoms with Gasteiger partial charge in [0.15, 0.2) is 0 Å². The number of nitrogens with zero attached hydrogens (tertiary/aromatic N) is 1. The quantitative estimate of drug-likeness (QED) is 0.853. The van der Waals surface area contributed by atoms with E-state index in [0.29, 0.717) is 13.1 Å². The van der Waals surface area contributed by atoms with Gasteiger partial charge in [0.1, 0.15) is 0 Å². The van der Waals surface area contributed by atoms with Gasteiger partial charge >= 0.3 is 0 Å². The summed E-state index contributed by atoms with van der Waals surface area (Å²) in [6, 6.07) is 7.58. The van der Waals surface area contributed by atoms with E-state index in [-0.39, 0.29) is 35.9 Å². The van der Waals surface area contributed by atoms with Crippen LogP contribution in [0, 0.1) is 5.92 Å². The minimum Gasteiger partial charge on any atom is -0.371 e. The van der Waals surface area contributed by atoms with E-state index in [4.69, 9.17) is 4.74 Å². The van der Waals surface area contributed by atoms with Gasteiger partial charge in [0.2, 0.25) is 11.8 Å². The molecule has 0 aliphatic carbocycles. The van der Waals surface area contributed by atoms with Crippen LogP contribution in [0.25, 0.3) is 0 Å². The van der Waals surface area contributed by atoms with Gasteiger partial charge in [-0.05, 0) is 54.8 Å². The van der Waals surface area contributed by atoms with E-state index >= 15 is 0 Å². The Hall–Kier alpha value is -1.40. The van der Waals surface area contributed by atoms with Crippen molar-refractivity contribution in [2.45, 2.75) is 44.8 Å². The lowest BCUT2D eigenvalue weighted by atomic mass is 10.1. The van der Waals surface area contributed by atoms with Crippen molar-refractivity contribution < 1.29 is 14.3 Å². The number of para-hydroxylation sites is 1. The zero-order valence-corrected chi connectivity index (χ0v) is 15.6. The second-order valence-corrected chi connectivity index (χ2v) is 7.99. The fraction of sp³-hybridized carbons (Fsp3) is 0.556. The highest BCUT2D eigenvalue weighted by molar-refractivity contribution is 9.10. The van der Waals surface area contributed by atoms with Crippen LogP contribution in [0.15, 0.2) is 28.7 Å². The summed E-state index contributed by atoms with van der Waals surface area (Å²) in [5, 5.41) is 2.96. The van der Waals surface area contributed by atoms with Gasteiger partial charge in [-0.25, -0.2) is 0 Å². The molecule has 0 bridgehead atoms. The minimum absolute atomic E-state index is 0.0136. The van der Waals surface area contributed by atoms with E-state index < -0.39 is 0 Å². The topological polar surface area (TPSA) is 58.6 Å². The fourth-order valence-electron chi connectivity index (χ4n) is 3.37. The monoisotopic (exact) mass is 394 g/mol. The summed E-state index contributed by atoms with van der Waals surface area (Å²) in [6.07, 6.45) is 2.29. The third-order valence-corrected chi connectivity index (χ3v) is 5.37. The van der Waals surface area contributed by atoms with Crippen molar-refractivity contribution in [1.29, 1.82) is 0 Å². The summed E-state index contributed by atoms with van der Waals surface area (Å²) in [6.45, 7) is 5.08. The van der Waals surface area contributed by atoms with Gasteiger partial charge in [-0.15, -0.1) is 0 Å². The maximum atomic E-state index is 12.4. The zero-order valence-electron chi connectivity index (χ0n) is 14.0. The Morgan fingerprint density at radius 1 is 1.42 bits per heavy atom. The molecule has 6 heteroatoms. The molecule has 1 aromatic carbocycles. The lowest BCUT2D eigenvalue weighted by Crippen LogP contribution is -2.38. The Labute approximate surface area is 150 Å². The predicted molar refractivity (Wildman–Crippen MR) is 95.8 cm³/mol. The Morgan fingerprint density at radius 3 is 2.83 bits per heavy atom. The molecule has 0 saturated carbocycles. The summed E-state index contributed by atoms with van der Waals surface area (Å²) in [4.78, 5) is 26.4. The van der Waals surface area contributed by atoms with Crippen LogP contribution in [-0.4, -0.2) is 36.6 Å². The minimum atomic E-state index is -0.306. The smallest absolute Gasteiger partial charge is 0.227 e. The van der Waals surface area contributed by atoms with E-state index in [9.17, 15) is 9.59 Å². The average molecular weight is 395 g/mol. The number of hydrogen-bond acceptors (Lipinski definition) is 3. The van der Waals surface area contributed by atoms with Gasteiger partial charge in [0, 0.05) is 24.0 Å². The van der Waals surface area contributed by atoms with Crippen LogP contribution < -0.4 is 10.2 Å². The van der Waals surface area contributed by atoms with Crippen LogP contribution in [0.5, 0.6) is 0 Å². The molecule has 0 spiro atoms. The number of ether oxygens (including phenoxy) is 1. The van der Waals surface area contributed by atoms with Gasteiger partial charge in [-0.2, -0.15) is 0 Å². The molecular formula is C18H23BrN2O3. The van der Waals surface area contributed by atoms with Crippen molar-refractivity contribution in [3.8, 4) is 0 Å². The molecule has 1 aromatic rings. The number of carbonyl (C=O) groups is 2. The van der Waals surface area contributed by atoms with Gasteiger partial charge in [0.25, 0.3) is 0 Å². The Morgan fingerprint density at radius 2 is 2.17 bits per heavy atom. The normalized spacial score (nSPS) is 26.0. The summed E-state index contributed by atoms with van der Waals surface area (Å²) < 4.78 is 6.75. The standard InChI is InChI=1S/C18H23BrN2O3/c1-18(2)8-7-13(24-18)10-20-17(23)12-9-16(22)21(11-12)15-6-4-3-5-14(15)19/h3-6,12-13H,7-11H2,1-2H3,(H,20,23)/t12-,13-/m0/s1. The van der Waals surface area contributed by atoms with Crippen LogP contribution >= 0.6 is 15.9 Å². The lowest BCUT2D eigenvalue weighted by molar-refractivity contribution is -0.127. The molecule has 2 saturated heterocycles. The number of hydrogen-bond donors (Lipinski definition) is 1. The largest absolute Gasteiger partial charge is 0.371 e. The van der Waals surface area contributed by atoms with Crippen molar-refractivity contribution in [3.63, 3.8) is 0 Å². The summed E-state index contributed by atoms with van der Waals surface area (Å²) >= 11 is 3.47. The molecule has 2 aliphatic heterocycles. The second kappa shape index (κ2) is 6.84. The maximum absolute atomic E-state index is 12.4. The molecule has 3 rings (SSSR count). The number of halogens is 1. The molecule has 2 atom stereocenters. The Balaban J connectivity index is 1.56. The van der Waals surface area contributed by atoms with Crippen molar-refractivity contribution in [1.82, 2.24) is 5.32 Å². The number of benzene rings is 1. The van der Waals surface area contributed by atoms with Crippen molar-refractivity contribution in [3.05, 3.63) is 28.7 Å². The van der Waals surface area contributed by atoms with Gasteiger partial charge in [0.05, 0.1) is 23.3 Å². The summed E-state index contributed by atoms with van der Waals surface area (Å²) in [5.74, 6) is -0.384. The SMILES string of the molecule is CC1(C)CC[C@@H](CNC(=O)[C@H]2CC(=O)N(c3ccccc3Br)C2)O1. The van der Waals surface area contributed by atoms with E-state index in [0.717, 1.165) is 23.0 Å². The van der Waals surface area contributed by atoms with Crippen LogP contribution in [0.2, 0.25) is 0 Å². The van der Waals surface area contributed by atoms with Gasteiger partial charge in [-0.3, -0.25) is 9.59 Å². The third kappa shape index (κ3) is 3.81. The molecule has 1 N–H and O–H groups in total. The van der Waals surface area contributed by atoms with Crippen molar-refractivity contribution in [2.24, 2.45) is 5.92 Å². The highest BCUT2D eigenvalue weighted by Gasteiger charge is 2.37.